The number of amides is 1. The molecule has 0 unspecified atom stereocenters. The molecular formula is C13H20N2O. The summed E-state index contributed by atoms with van der Waals surface area (Å²) in [5, 5.41) is 2.87. The minimum atomic E-state index is -0.00796. The van der Waals surface area contributed by atoms with Gasteiger partial charge in [0.05, 0.1) is 0 Å². The average molecular weight is 220 g/mol. The fourth-order valence-electron chi connectivity index (χ4n) is 1.47. The first-order chi connectivity index (χ1) is 7.49. The van der Waals surface area contributed by atoms with Gasteiger partial charge in [0.15, 0.2) is 0 Å². The summed E-state index contributed by atoms with van der Waals surface area (Å²) in [5.41, 5.74) is 1.93. The highest BCUT2D eigenvalue weighted by molar-refractivity contribution is 5.94. The standard InChI is InChI=1S/C13H20N2O/c1-10(2)14-13(16)12-7-5-11(6-8-12)9-15(3)4/h5-8,10H,9H2,1-4H3,(H,14,16). The quantitative estimate of drug-likeness (QED) is 0.840. The molecule has 0 spiro atoms. The van der Waals surface area contributed by atoms with E-state index < -0.39 is 0 Å². The number of nitrogens with one attached hydrogen (secondary N) is 1. The minimum absolute atomic E-state index is 0.00796. The number of benzene rings is 1. The van der Waals surface area contributed by atoms with Gasteiger partial charge < -0.3 is 10.2 Å². The van der Waals surface area contributed by atoms with Gasteiger partial charge in [-0.15, -0.1) is 0 Å². The van der Waals surface area contributed by atoms with Gasteiger partial charge in [-0.05, 0) is 45.6 Å². The van der Waals surface area contributed by atoms with E-state index in [9.17, 15) is 4.79 Å². The highest BCUT2D eigenvalue weighted by Crippen LogP contribution is 2.06. The van der Waals surface area contributed by atoms with Crippen LogP contribution in [0.4, 0.5) is 0 Å². The highest BCUT2D eigenvalue weighted by Gasteiger charge is 2.06. The smallest absolute Gasteiger partial charge is 0.251 e. The number of carbonyl (C=O) groups excluding carboxylic acids is 1. The number of rotatable bonds is 4. The van der Waals surface area contributed by atoms with Crippen molar-refractivity contribution in [2.24, 2.45) is 0 Å². The molecule has 0 atom stereocenters. The van der Waals surface area contributed by atoms with Crippen molar-refractivity contribution in [1.82, 2.24) is 10.2 Å². The first-order valence-electron chi connectivity index (χ1n) is 5.53. The summed E-state index contributed by atoms with van der Waals surface area (Å²) in [7, 11) is 4.05. The zero-order chi connectivity index (χ0) is 12.1. The Labute approximate surface area is 97.5 Å². The van der Waals surface area contributed by atoms with Crippen molar-refractivity contribution in [3.63, 3.8) is 0 Å². The van der Waals surface area contributed by atoms with E-state index in [1.165, 1.54) is 5.56 Å². The van der Waals surface area contributed by atoms with E-state index in [0.29, 0.717) is 0 Å². The summed E-state index contributed by atoms with van der Waals surface area (Å²) in [4.78, 5) is 13.8. The Morgan fingerprint density at radius 1 is 1.25 bits per heavy atom. The Kier molecular flexibility index (Phi) is 4.50. The molecule has 1 aromatic rings. The number of carbonyl (C=O) groups is 1. The molecule has 0 saturated heterocycles. The van der Waals surface area contributed by atoms with Crippen LogP contribution in [0.3, 0.4) is 0 Å². The second kappa shape index (κ2) is 5.66. The third-order valence-corrected chi connectivity index (χ3v) is 2.13. The average Bonchev–Trinajstić information content (AvgIpc) is 2.16. The summed E-state index contributed by atoms with van der Waals surface area (Å²) >= 11 is 0. The highest BCUT2D eigenvalue weighted by atomic mass is 16.1. The van der Waals surface area contributed by atoms with Crippen molar-refractivity contribution >= 4 is 5.91 Å². The van der Waals surface area contributed by atoms with Crippen molar-refractivity contribution in [2.45, 2.75) is 26.4 Å². The number of hydrogen-bond acceptors (Lipinski definition) is 2. The maximum Gasteiger partial charge on any atom is 0.251 e. The van der Waals surface area contributed by atoms with Crippen LogP contribution < -0.4 is 5.32 Å². The molecule has 1 rings (SSSR count). The van der Waals surface area contributed by atoms with Gasteiger partial charge in [-0.2, -0.15) is 0 Å². The van der Waals surface area contributed by atoms with E-state index in [4.69, 9.17) is 0 Å². The molecule has 0 aliphatic heterocycles. The molecule has 0 bridgehead atoms. The van der Waals surface area contributed by atoms with Crippen LogP contribution in [0.25, 0.3) is 0 Å². The Morgan fingerprint density at radius 2 is 1.81 bits per heavy atom. The van der Waals surface area contributed by atoms with Crippen LogP contribution >= 0.6 is 0 Å². The normalized spacial score (nSPS) is 10.9. The lowest BCUT2D eigenvalue weighted by atomic mass is 10.1. The predicted molar refractivity (Wildman–Crippen MR) is 66.4 cm³/mol. The molecule has 3 heteroatoms. The molecule has 0 aliphatic carbocycles. The summed E-state index contributed by atoms with van der Waals surface area (Å²) in [6.07, 6.45) is 0. The van der Waals surface area contributed by atoms with Crippen molar-refractivity contribution in [2.75, 3.05) is 14.1 Å². The van der Waals surface area contributed by atoms with Crippen LogP contribution in [-0.4, -0.2) is 30.9 Å². The fourth-order valence-corrected chi connectivity index (χ4v) is 1.47. The molecular weight excluding hydrogens is 200 g/mol. The Bertz CT molecular complexity index is 341. The van der Waals surface area contributed by atoms with Gasteiger partial charge in [0.25, 0.3) is 5.91 Å². The van der Waals surface area contributed by atoms with Gasteiger partial charge in [-0.3, -0.25) is 4.79 Å². The van der Waals surface area contributed by atoms with Crippen molar-refractivity contribution in [1.29, 1.82) is 0 Å². The molecule has 0 fully saturated rings. The van der Waals surface area contributed by atoms with E-state index in [2.05, 4.69) is 10.2 Å². The third kappa shape index (κ3) is 4.03. The monoisotopic (exact) mass is 220 g/mol. The topological polar surface area (TPSA) is 32.3 Å². The first-order valence-corrected chi connectivity index (χ1v) is 5.53. The lowest BCUT2D eigenvalue weighted by Crippen LogP contribution is -2.30. The molecule has 0 aromatic heterocycles. The lowest BCUT2D eigenvalue weighted by Gasteiger charge is -2.11. The van der Waals surface area contributed by atoms with Crippen LogP contribution in [0.2, 0.25) is 0 Å². The van der Waals surface area contributed by atoms with Gasteiger partial charge in [-0.25, -0.2) is 0 Å². The summed E-state index contributed by atoms with van der Waals surface area (Å²) in [5.74, 6) is -0.00796. The SMILES string of the molecule is CC(C)NC(=O)c1ccc(CN(C)C)cc1. The minimum Gasteiger partial charge on any atom is -0.350 e. The molecule has 16 heavy (non-hydrogen) atoms. The molecule has 1 aromatic carbocycles. The summed E-state index contributed by atoms with van der Waals surface area (Å²) in [6.45, 7) is 4.81. The maximum absolute atomic E-state index is 11.7. The van der Waals surface area contributed by atoms with Crippen LogP contribution in [0.5, 0.6) is 0 Å². The van der Waals surface area contributed by atoms with Crippen molar-refractivity contribution in [3.8, 4) is 0 Å². The fraction of sp³-hybridized carbons (Fsp3) is 0.462. The zero-order valence-electron chi connectivity index (χ0n) is 10.4. The third-order valence-electron chi connectivity index (χ3n) is 2.13. The molecule has 3 nitrogen and oxygen atoms in total. The lowest BCUT2D eigenvalue weighted by molar-refractivity contribution is 0.0943. The Balaban J connectivity index is 2.67. The van der Waals surface area contributed by atoms with E-state index in [0.717, 1.165) is 12.1 Å². The van der Waals surface area contributed by atoms with Crippen molar-refractivity contribution < 1.29 is 4.79 Å². The largest absolute Gasteiger partial charge is 0.350 e. The number of hydrogen-bond donors (Lipinski definition) is 1. The molecule has 0 aliphatic rings. The Morgan fingerprint density at radius 3 is 2.25 bits per heavy atom. The van der Waals surface area contributed by atoms with Gasteiger partial charge in [0.2, 0.25) is 0 Å². The second-order valence-electron chi connectivity index (χ2n) is 4.56. The van der Waals surface area contributed by atoms with Crippen LogP contribution in [0.15, 0.2) is 24.3 Å². The first kappa shape index (κ1) is 12.7. The van der Waals surface area contributed by atoms with Crippen LogP contribution in [0, 0.1) is 0 Å². The Hall–Kier alpha value is -1.35. The van der Waals surface area contributed by atoms with E-state index in [1.807, 2.05) is 52.2 Å². The van der Waals surface area contributed by atoms with E-state index in [-0.39, 0.29) is 11.9 Å². The predicted octanol–water partition coefficient (Wildman–Crippen LogP) is 1.89. The van der Waals surface area contributed by atoms with Crippen LogP contribution in [-0.2, 0) is 6.54 Å². The van der Waals surface area contributed by atoms with E-state index >= 15 is 0 Å². The summed E-state index contributed by atoms with van der Waals surface area (Å²) in [6, 6.07) is 7.91. The molecule has 0 heterocycles. The van der Waals surface area contributed by atoms with Gasteiger partial charge in [0.1, 0.15) is 0 Å². The molecule has 1 N–H and O–H groups in total. The molecule has 88 valence electrons. The van der Waals surface area contributed by atoms with Crippen LogP contribution in [0.1, 0.15) is 29.8 Å². The van der Waals surface area contributed by atoms with Gasteiger partial charge >= 0.3 is 0 Å². The molecule has 0 saturated carbocycles. The van der Waals surface area contributed by atoms with E-state index in [1.54, 1.807) is 0 Å². The second-order valence-corrected chi connectivity index (χ2v) is 4.56. The summed E-state index contributed by atoms with van der Waals surface area (Å²) < 4.78 is 0. The van der Waals surface area contributed by atoms with Gasteiger partial charge in [0, 0.05) is 18.2 Å². The molecule has 1 amide bonds. The molecule has 0 radical (unpaired) electrons. The zero-order valence-corrected chi connectivity index (χ0v) is 10.4. The van der Waals surface area contributed by atoms with Gasteiger partial charge in [-0.1, -0.05) is 12.1 Å². The van der Waals surface area contributed by atoms with Crippen molar-refractivity contribution in [3.05, 3.63) is 35.4 Å². The number of nitrogens with zero attached hydrogens (tertiary/aromatic N) is 1. The maximum atomic E-state index is 11.7.